The highest BCUT2D eigenvalue weighted by Gasteiger charge is 2.43. The molecule has 0 aliphatic carbocycles. The van der Waals surface area contributed by atoms with E-state index in [1.165, 1.54) is 10.5 Å². The molecule has 3 aliphatic rings. The second kappa shape index (κ2) is 9.41. The molecule has 33 heavy (non-hydrogen) atoms. The third kappa shape index (κ3) is 4.54. The van der Waals surface area contributed by atoms with Crippen LogP contribution in [0.4, 0.5) is 5.69 Å². The van der Waals surface area contributed by atoms with Crippen LogP contribution in [-0.4, -0.2) is 67.2 Å². The van der Waals surface area contributed by atoms with Gasteiger partial charge in [0.15, 0.2) is 11.5 Å². The summed E-state index contributed by atoms with van der Waals surface area (Å²) in [6, 6.07) is 12.9. The van der Waals surface area contributed by atoms with Crippen molar-refractivity contribution in [2.75, 3.05) is 44.5 Å². The van der Waals surface area contributed by atoms with Crippen LogP contribution in [0, 0.1) is 0 Å². The van der Waals surface area contributed by atoms with Gasteiger partial charge < -0.3 is 14.2 Å². The first-order chi connectivity index (χ1) is 16.1. The first-order valence-electron chi connectivity index (χ1n) is 11.6. The molecule has 1 atom stereocenters. The minimum absolute atomic E-state index is 0.133. The van der Waals surface area contributed by atoms with Crippen LogP contribution < -0.4 is 19.1 Å². The van der Waals surface area contributed by atoms with Gasteiger partial charge in [-0.1, -0.05) is 13.0 Å². The van der Waals surface area contributed by atoms with Crippen molar-refractivity contribution >= 4 is 17.5 Å². The topological polar surface area (TPSA) is 71.6 Å². The third-order valence-corrected chi connectivity index (χ3v) is 6.38. The Morgan fingerprint density at radius 3 is 2.48 bits per heavy atom. The Morgan fingerprint density at radius 1 is 0.970 bits per heavy atom. The molecule has 2 aromatic carbocycles. The smallest absolute Gasteiger partial charge is 0.251 e. The van der Waals surface area contributed by atoms with Gasteiger partial charge in [-0.25, -0.2) is 4.90 Å². The molecule has 5 rings (SSSR count). The van der Waals surface area contributed by atoms with Crippen molar-refractivity contribution < 1.29 is 23.8 Å². The molecule has 0 aromatic heterocycles. The van der Waals surface area contributed by atoms with Crippen LogP contribution >= 0.6 is 0 Å². The fraction of sp³-hybridized carbons (Fsp3) is 0.440. The van der Waals surface area contributed by atoms with Gasteiger partial charge in [-0.2, -0.15) is 0 Å². The van der Waals surface area contributed by atoms with Gasteiger partial charge in [0.05, 0.1) is 24.8 Å². The molecule has 0 bridgehead atoms. The quantitative estimate of drug-likeness (QED) is 0.600. The summed E-state index contributed by atoms with van der Waals surface area (Å²) < 4.78 is 16.5. The van der Waals surface area contributed by atoms with Gasteiger partial charge in [-0.15, -0.1) is 0 Å². The van der Waals surface area contributed by atoms with E-state index in [9.17, 15) is 9.59 Å². The fourth-order valence-electron chi connectivity index (χ4n) is 4.61. The van der Waals surface area contributed by atoms with E-state index >= 15 is 0 Å². The van der Waals surface area contributed by atoms with E-state index in [1.807, 2.05) is 31.2 Å². The lowest BCUT2D eigenvalue weighted by Gasteiger charge is -2.37. The Kier molecular flexibility index (Phi) is 6.20. The Bertz CT molecular complexity index is 1020. The van der Waals surface area contributed by atoms with Crippen molar-refractivity contribution in [2.24, 2.45) is 0 Å². The van der Waals surface area contributed by atoms with E-state index in [4.69, 9.17) is 14.2 Å². The molecule has 2 saturated heterocycles. The predicted octanol–water partition coefficient (Wildman–Crippen LogP) is 2.65. The van der Waals surface area contributed by atoms with Crippen LogP contribution in [0.3, 0.4) is 0 Å². The summed E-state index contributed by atoms with van der Waals surface area (Å²) in [5.74, 6) is 2.06. The maximum Gasteiger partial charge on any atom is 0.251 e. The van der Waals surface area contributed by atoms with Gasteiger partial charge in [0.25, 0.3) is 5.91 Å². The summed E-state index contributed by atoms with van der Waals surface area (Å²) in [6.07, 6.45) is 1.16. The van der Waals surface area contributed by atoms with Gasteiger partial charge >= 0.3 is 0 Å². The van der Waals surface area contributed by atoms with Crippen molar-refractivity contribution in [3.05, 3.63) is 48.0 Å². The number of carbonyl (C=O) groups excluding carboxylic acids is 2. The molecule has 174 valence electrons. The SMILES string of the molecule is CCCOc1ccc(N2C(=O)C[C@@H](N3CCN(Cc4ccc5c(c4)OCO5)CC3)C2=O)cc1. The van der Waals surface area contributed by atoms with E-state index in [-0.39, 0.29) is 31.1 Å². The maximum absolute atomic E-state index is 13.1. The number of piperazine rings is 1. The highest BCUT2D eigenvalue weighted by molar-refractivity contribution is 6.22. The number of imide groups is 1. The largest absolute Gasteiger partial charge is 0.494 e. The highest BCUT2D eigenvalue weighted by atomic mass is 16.7. The third-order valence-electron chi connectivity index (χ3n) is 6.38. The fourth-order valence-corrected chi connectivity index (χ4v) is 4.61. The number of anilines is 1. The number of hydrogen-bond acceptors (Lipinski definition) is 7. The van der Waals surface area contributed by atoms with E-state index in [1.54, 1.807) is 12.1 Å². The molecule has 3 aliphatic heterocycles. The summed E-state index contributed by atoms with van der Waals surface area (Å²) in [4.78, 5) is 31.7. The molecular formula is C25H29N3O5. The lowest BCUT2D eigenvalue weighted by atomic mass is 10.1. The molecule has 0 N–H and O–H groups in total. The van der Waals surface area contributed by atoms with Crippen molar-refractivity contribution in [2.45, 2.75) is 32.4 Å². The summed E-state index contributed by atoms with van der Waals surface area (Å²) in [6.45, 7) is 6.99. The normalized spacial score (nSPS) is 21.1. The van der Waals surface area contributed by atoms with Crippen molar-refractivity contribution in [1.82, 2.24) is 9.80 Å². The molecule has 3 heterocycles. The number of ether oxygens (including phenoxy) is 3. The molecule has 0 spiro atoms. The standard InChI is InChI=1S/C25H29N3O5/c1-2-13-31-20-6-4-19(5-7-20)28-24(29)15-21(25(28)30)27-11-9-26(10-12-27)16-18-3-8-22-23(14-18)33-17-32-22/h3-8,14,21H,2,9-13,15-17H2,1H3/t21-/m1/s1. The molecular weight excluding hydrogens is 422 g/mol. The summed E-state index contributed by atoms with van der Waals surface area (Å²) in [5, 5.41) is 0. The van der Waals surface area contributed by atoms with E-state index < -0.39 is 0 Å². The first kappa shape index (κ1) is 21.7. The molecule has 0 radical (unpaired) electrons. The Labute approximate surface area is 193 Å². The lowest BCUT2D eigenvalue weighted by molar-refractivity contribution is -0.123. The Balaban J connectivity index is 1.17. The molecule has 8 heteroatoms. The van der Waals surface area contributed by atoms with Crippen LogP contribution in [0.5, 0.6) is 17.2 Å². The zero-order valence-corrected chi connectivity index (χ0v) is 18.9. The number of benzene rings is 2. The number of amides is 2. The number of rotatable bonds is 7. The van der Waals surface area contributed by atoms with Crippen LogP contribution in [-0.2, 0) is 16.1 Å². The minimum atomic E-state index is -0.388. The first-order valence-corrected chi connectivity index (χ1v) is 11.6. The molecule has 2 amide bonds. The predicted molar refractivity (Wildman–Crippen MR) is 123 cm³/mol. The number of hydrogen-bond donors (Lipinski definition) is 0. The Hall–Kier alpha value is -3.10. The van der Waals surface area contributed by atoms with E-state index in [0.29, 0.717) is 12.3 Å². The average molecular weight is 452 g/mol. The second-order valence-corrected chi connectivity index (χ2v) is 8.63. The summed E-state index contributed by atoms with van der Waals surface area (Å²) in [7, 11) is 0. The Morgan fingerprint density at radius 2 is 1.73 bits per heavy atom. The summed E-state index contributed by atoms with van der Waals surface area (Å²) in [5.41, 5.74) is 1.79. The number of carbonyl (C=O) groups is 2. The van der Waals surface area contributed by atoms with Gasteiger partial charge in [-0.05, 0) is 48.4 Å². The van der Waals surface area contributed by atoms with Crippen molar-refractivity contribution in [3.63, 3.8) is 0 Å². The van der Waals surface area contributed by atoms with Crippen molar-refractivity contribution in [3.8, 4) is 17.2 Å². The van der Waals surface area contributed by atoms with Gasteiger partial charge in [0.2, 0.25) is 12.7 Å². The number of nitrogens with zero attached hydrogens (tertiary/aromatic N) is 3. The van der Waals surface area contributed by atoms with Gasteiger partial charge in [0.1, 0.15) is 5.75 Å². The monoisotopic (exact) mass is 451 g/mol. The molecule has 2 aromatic rings. The summed E-state index contributed by atoms with van der Waals surface area (Å²) >= 11 is 0. The van der Waals surface area contributed by atoms with Crippen LogP contribution in [0.25, 0.3) is 0 Å². The molecule has 0 unspecified atom stereocenters. The van der Waals surface area contributed by atoms with E-state index in [0.717, 1.165) is 56.4 Å². The van der Waals surface area contributed by atoms with Gasteiger partial charge in [0, 0.05) is 32.7 Å². The molecule has 2 fully saturated rings. The molecule has 0 saturated carbocycles. The maximum atomic E-state index is 13.1. The minimum Gasteiger partial charge on any atom is -0.494 e. The zero-order chi connectivity index (χ0) is 22.8. The van der Waals surface area contributed by atoms with Crippen molar-refractivity contribution in [1.29, 1.82) is 0 Å². The van der Waals surface area contributed by atoms with Crippen LogP contribution in [0.15, 0.2) is 42.5 Å². The average Bonchev–Trinajstić information content (AvgIpc) is 3.42. The molecule has 8 nitrogen and oxygen atoms in total. The van der Waals surface area contributed by atoms with Crippen LogP contribution in [0.2, 0.25) is 0 Å². The number of fused-ring (bicyclic) bond motifs is 1. The lowest BCUT2D eigenvalue weighted by Crippen LogP contribution is -2.52. The van der Waals surface area contributed by atoms with Crippen LogP contribution in [0.1, 0.15) is 25.3 Å². The van der Waals surface area contributed by atoms with E-state index in [2.05, 4.69) is 15.9 Å². The highest BCUT2D eigenvalue weighted by Crippen LogP contribution is 2.33. The van der Waals surface area contributed by atoms with Gasteiger partial charge in [-0.3, -0.25) is 19.4 Å². The second-order valence-electron chi connectivity index (χ2n) is 8.63. The zero-order valence-electron chi connectivity index (χ0n) is 18.9.